The standard InChI is InChI=1S/C27H28ClN3O3/c1-5-23(32)30-22-8-6-7-17(14(22)2)25-21(28)13-20(26(29)33)19-12-16-11-15(27(34)31(3)4)9-10-18(16)24(19)25/h5-8,13,15H,1,9-12H2,2-4H3,(H2,29,33)(H,30,32). The number of hydrogen-bond donors (Lipinski definition) is 2. The first-order chi connectivity index (χ1) is 16.1. The first-order valence-corrected chi connectivity index (χ1v) is 11.6. The molecule has 7 heteroatoms. The van der Waals surface area contributed by atoms with Gasteiger partial charge in [-0.3, -0.25) is 14.4 Å². The van der Waals surface area contributed by atoms with Crippen LogP contribution in [0.1, 0.15) is 46.3 Å². The Kier molecular flexibility index (Phi) is 6.36. The van der Waals surface area contributed by atoms with Gasteiger partial charge in [0.1, 0.15) is 0 Å². The van der Waals surface area contributed by atoms with Gasteiger partial charge in [0.2, 0.25) is 17.7 Å². The van der Waals surface area contributed by atoms with Crippen molar-refractivity contribution < 1.29 is 14.4 Å². The Balaban J connectivity index is 1.89. The molecule has 0 saturated heterocycles. The van der Waals surface area contributed by atoms with E-state index in [1.165, 1.54) is 11.6 Å². The number of carbonyl (C=O) groups is 3. The number of amides is 3. The Morgan fingerprint density at radius 2 is 1.97 bits per heavy atom. The molecule has 0 saturated carbocycles. The zero-order valence-electron chi connectivity index (χ0n) is 19.6. The topological polar surface area (TPSA) is 92.5 Å². The van der Waals surface area contributed by atoms with Gasteiger partial charge in [-0.05, 0) is 78.6 Å². The third kappa shape index (κ3) is 4.03. The molecule has 3 amide bonds. The molecule has 1 atom stereocenters. The smallest absolute Gasteiger partial charge is 0.249 e. The van der Waals surface area contributed by atoms with Crippen molar-refractivity contribution in [1.82, 2.24) is 4.90 Å². The predicted octanol–water partition coefficient (Wildman–Crippen LogP) is 4.74. The van der Waals surface area contributed by atoms with Gasteiger partial charge in [-0.2, -0.15) is 0 Å². The molecule has 6 nitrogen and oxygen atoms in total. The molecule has 3 N–H and O–H groups in total. The lowest BCUT2D eigenvalue weighted by Gasteiger charge is -2.26. The van der Waals surface area contributed by atoms with Gasteiger partial charge in [-0.1, -0.05) is 35.9 Å². The lowest BCUT2D eigenvalue weighted by molar-refractivity contribution is -0.133. The van der Waals surface area contributed by atoms with Crippen molar-refractivity contribution in [2.75, 3.05) is 19.4 Å². The molecule has 0 aliphatic heterocycles. The van der Waals surface area contributed by atoms with Crippen molar-refractivity contribution in [3.63, 3.8) is 0 Å². The van der Waals surface area contributed by atoms with Gasteiger partial charge < -0.3 is 16.0 Å². The van der Waals surface area contributed by atoms with Gasteiger partial charge in [0.05, 0.1) is 0 Å². The van der Waals surface area contributed by atoms with Crippen molar-refractivity contribution in [3.05, 3.63) is 69.8 Å². The Hall–Kier alpha value is -3.38. The first kappa shape index (κ1) is 23.8. The van der Waals surface area contributed by atoms with Gasteiger partial charge in [0.25, 0.3) is 0 Å². The number of nitrogens with one attached hydrogen (secondary N) is 1. The summed E-state index contributed by atoms with van der Waals surface area (Å²) in [6.07, 6.45) is 3.93. The van der Waals surface area contributed by atoms with Crippen LogP contribution in [0, 0.1) is 12.8 Å². The molecule has 4 rings (SSSR count). The van der Waals surface area contributed by atoms with E-state index in [0.29, 0.717) is 29.1 Å². The van der Waals surface area contributed by atoms with Crippen molar-refractivity contribution in [3.8, 4) is 11.1 Å². The molecule has 34 heavy (non-hydrogen) atoms. The minimum Gasteiger partial charge on any atom is -0.366 e. The van der Waals surface area contributed by atoms with Crippen LogP contribution in [0.4, 0.5) is 5.69 Å². The van der Waals surface area contributed by atoms with E-state index in [1.807, 2.05) is 25.1 Å². The second-order valence-electron chi connectivity index (χ2n) is 9.10. The van der Waals surface area contributed by atoms with Crippen LogP contribution in [0.2, 0.25) is 5.02 Å². The second-order valence-corrected chi connectivity index (χ2v) is 9.51. The van der Waals surface area contributed by atoms with Gasteiger partial charge in [-0.15, -0.1) is 0 Å². The summed E-state index contributed by atoms with van der Waals surface area (Å²) in [6.45, 7) is 5.45. The van der Waals surface area contributed by atoms with E-state index in [-0.39, 0.29) is 17.7 Å². The molecule has 0 bridgehead atoms. The Morgan fingerprint density at radius 3 is 2.62 bits per heavy atom. The summed E-state index contributed by atoms with van der Waals surface area (Å²) < 4.78 is 0. The molecule has 1 unspecified atom stereocenters. The number of rotatable bonds is 5. The number of carbonyl (C=O) groups excluding carboxylic acids is 3. The average Bonchev–Trinajstić information content (AvgIpc) is 3.18. The number of allylic oxidation sites excluding steroid dienone is 2. The maximum Gasteiger partial charge on any atom is 0.249 e. The molecule has 0 heterocycles. The van der Waals surface area contributed by atoms with Crippen molar-refractivity contribution >= 4 is 40.6 Å². The number of nitrogens with zero attached hydrogens (tertiary/aromatic N) is 1. The number of fused-ring (bicyclic) bond motifs is 2. The summed E-state index contributed by atoms with van der Waals surface area (Å²) in [7, 11) is 3.55. The van der Waals surface area contributed by atoms with Gasteiger partial charge in [-0.25, -0.2) is 0 Å². The lowest BCUT2D eigenvalue weighted by Crippen LogP contribution is -2.31. The van der Waals surface area contributed by atoms with Crippen LogP contribution in [0.25, 0.3) is 16.7 Å². The SMILES string of the molecule is C=CC(=O)Nc1cccc(-c2c(Cl)cc(C(N)=O)c3c2C2=C(C3)CC(C(=O)N(C)C)CC2)c1C. The summed E-state index contributed by atoms with van der Waals surface area (Å²) in [5, 5.41) is 3.28. The van der Waals surface area contributed by atoms with Crippen LogP contribution in [-0.2, 0) is 16.0 Å². The van der Waals surface area contributed by atoms with E-state index < -0.39 is 5.91 Å². The number of nitrogens with two attached hydrogens (primary N) is 1. The summed E-state index contributed by atoms with van der Waals surface area (Å²) in [5.41, 5.74) is 13.5. The van der Waals surface area contributed by atoms with E-state index in [1.54, 1.807) is 25.1 Å². The normalized spacial score (nSPS) is 16.5. The lowest BCUT2D eigenvalue weighted by atomic mass is 9.81. The van der Waals surface area contributed by atoms with E-state index in [9.17, 15) is 14.4 Å². The highest BCUT2D eigenvalue weighted by molar-refractivity contribution is 6.34. The van der Waals surface area contributed by atoms with E-state index in [2.05, 4.69) is 11.9 Å². The molecule has 0 radical (unpaired) electrons. The van der Waals surface area contributed by atoms with E-state index >= 15 is 0 Å². The highest BCUT2D eigenvalue weighted by Crippen LogP contribution is 2.51. The second kappa shape index (κ2) is 9.11. The molecular weight excluding hydrogens is 450 g/mol. The Morgan fingerprint density at radius 1 is 1.24 bits per heavy atom. The number of primary amides is 1. The minimum absolute atomic E-state index is 0.0711. The van der Waals surface area contributed by atoms with Crippen LogP contribution < -0.4 is 11.1 Å². The molecule has 0 aromatic heterocycles. The molecule has 2 aliphatic rings. The van der Waals surface area contributed by atoms with Crippen LogP contribution in [-0.4, -0.2) is 36.7 Å². The van der Waals surface area contributed by atoms with Crippen LogP contribution in [0.3, 0.4) is 0 Å². The van der Waals surface area contributed by atoms with Crippen molar-refractivity contribution in [1.29, 1.82) is 0 Å². The first-order valence-electron chi connectivity index (χ1n) is 11.2. The highest BCUT2D eigenvalue weighted by Gasteiger charge is 2.36. The molecule has 2 aromatic carbocycles. The zero-order valence-corrected chi connectivity index (χ0v) is 20.4. The van der Waals surface area contributed by atoms with Gasteiger partial charge in [0.15, 0.2) is 0 Å². The third-order valence-electron chi connectivity index (χ3n) is 6.84. The fraction of sp³-hybridized carbons (Fsp3) is 0.296. The van der Waals surface area contributed by atoms with E-state index in [4.69, 9.17) is 17.3 Å². The Labute approximate surface area is 204 Å². The fourth-order valence-electron chi connectivity index (χ4n) is 5.20. The summed E-state index contributed by atoms with van der Waals surface area (Å²) in [5.74, 6) is -0.765. The molecule has 2 aromatic rings. The highest BCUT2D eigenvalue weighted by atomic mass is 35.5. The van der Waals surface area contributed by atoms with Gasteiger partial charge >= 0.3 is 0 Å². The molecule has 0 fully saturated rings. The minimum atomic E-state index is -0.519. The molecule has 0 spiro atoms. The average molecular weight is 478 g/mol. The fourth-order valence-corrected chi connectivity index (χ4v) is 5.51. The van der Waals surface area contributed by atoms with Crippen molar-refractivity contribution in [2.45, 2.75) is 32.6 Å². The zero-order chi connectivity index (χ0) is 24.7. The Bertz CT molecular complexity index is 1280. The van der Waals surface area contributed by atoms with Crippen LogP contribution in [0.5, 0.6) is 0 Å². The van der Waals surface area contributed by atoms with E-state index in [0.717, 1.165) is 46.2 Å². The quantitative estimate of drug-likeness (QED) is 0.609. The maximum absolute atomic E-state index is 12.6. The van der Waals surface area contributed by atoms with Gasteiger partial charge in [0, 0.05) is 41.9 Å². The summed E-state index contributed by atoms with van der Waals surface area (Å²) in [4.78, 5) is 38.5. The molecule has 176 valence electrons. The summed E-state index contributed by atoms with van der Waals surface area (Å²) >= 11 is 6.81. The third-order valence-corrected chi connectivity index (χ3v) is 7.14. The number of hydrogen-bond acceptors (Lipinski definition) is 3. The van der Waals surface area contributed by atoms with Crippen LogP contribution in [0.15, 0.2) is 42.5 Å². The molecule has 2 aliphatic carbocycles. The predicted molar refractivity (Wildman–Crippen MR) is 136 cm³/mol. The van der Waals surface area contributed by atoms with Crippen LogP contribution >= 0.6 is 11.6 Å². The largest absolute Gasteiger partial charge is 0.366 e. The number of anilines is 1. The number of benzene rings is 2. The maximum atomic E-state index is 12.6. The summed E-state index contributed by atoms with van der Waals surface area (Å²) in [6, 6.07) is 7.30. The number of halogens is 1. The van der Waals surface area contributed by atoms with Crippen molar-refractivity contribution in [2.24, 2.45) is 11.7 Å². The molecular formula is C27H28ClN3O3. The monoisotopic (exact) mass is 477 g/mol.